The molecule has 1 unspecified atom stereocenters. The minimum atomic E-state index is -4.39. The first-order valence-corrected chi connectivity index (χ1v) is 7.32. The van der Waals surface area contributed by atoms with Crippen LogP contribution in [-0.2, 0) is 9.09 Å². The summed E-state index contributed by atoms with van der Waals surface area (Å²) in [5.41, 5.74) is 5.37. The molecule has 0 rings (SSSR count). The van der Waals surface area contributed by atoms with Crippen LogP contribution in [0.2, 0.25) is 0 Å². The zero-order chi connectivity index (χ0) is 12.6. The van der Waals surface area contributed by atoms with Gasteiger partial charge in [-0.3, -0.25) is 4.52 Å². The standard InChI is InChI=1S/C10H24NO4P/c1-9(2)6-4-3-5-7-10(8-11)15-16(12,13)14/h9-10H,3-8,11H2,1-2H3,(H2,12,13,14). The van der Waals surface area contributed by atoms with Crippen molar-refractivity contribution in [1.29, 1.82) is 0 Å². The SMILES string of the molecule is CC(C)CCCCCC(CN)OP(=O)(O)O. The van der Waals surface area contributed by atoms with Crippen LogP contribution in [0.3, 0.4) is 0 Å². The second kappa shape index (κ2) is 8.20. The van der Waals surface area contributed by atoms with Crippen LogP contribution in [0, 0.1) is 5.92 Å². The van der Waals surface area contributed by atoms with Gasteiger partial charge in [-0.1, -0.05) is 39.5 Å². The summed E-state index contributed by atoms with van der Waals surface area (Å²) < 4.78 is 15.2. The lowest BCUT2D eigenvalue weighted by molar-refractivity contribution is 0.129. The van der Waals surface area contributed by atoms with Gasteiger partial charge in [-0.25, -0.2) is 4.57 Å². The summed E-state index contributed by atoms with van der Waals surface area (Å²) in [4.78, 5) is 17.3. The third-order valence-corrected chi connectivity index (χ3v) is 2.93. The fourth-order valence-corrected chi connectivity index (χ4v) is 2.09. The average molecular weight is 253 g/mol. The van der Waals surface area contributed by atoms with Gasteiger partial charge in [-0.2, -0.15) is 0 Å². The summed E-state index contributed by atoms with van der Waals surface area (Å²) in [5.74, 6) is 0.705. The Hall–Kier alpha value is 0.0700. The van der Waals surface area contributed by atoms with Gasteiger partial charge in [0.2, 0.25) is 0 Å². The molecule has 0 saturated carbocycles. The summed E-state index contributed by atoms with van der Waals surface area (Å²) in [6.45, 7) is 4.51. The van der Waals surface area contributed by atoms with Crippen molar-refractivity contribution in [2.75, 3.05) is 6.54 Å². The molecule has 0 heterocycles. The van der Waals surface area contributed by atoms with E-state index in [4.69, 9.17) is 15.5 Å². The van der Waals surface area contributed by atoms with E-state index in [1.54, 1.807) is 0 Å². The van der Waals surface area contributed by atoms with Crippen LogP contribution in [0.25, 0.3) is 0 Å². The van der Waals surface area contributed by atoms with Crippen molar-refractivity contribution in [2.24, 2.45) is 11.7 Å². The third kappa shape index (κ3) is 10.6. The zero-order valence-electron chi connectivity index (χ0n) is 10.1. The second-order valence-electron chi connectivity index (χ2n) is 4.49. The molecule has 98 valence electrons. The molecule has 0 fully saturated rings. The highest BCUT2D eigenvalue weighted by Gasteiger charge is 2.20. The highest BCUT2D eigenvalue weighted by molar-refractivity contribution is 7.46. The average Bonchev–Trinajstić information content (AvgIpc) is 2.13. The summed E-state index contributed by atoms with van der Waals surface area (Å²) in [6.07, 6.45) is 4.37. The number of rotatable bonds is 9. The number of phosphoric acid groups is 1. The second-order valence-corrected chi connectivity index (χ2v) is 5.68. The van der Waals surface area contributed by atoms with Gasteiger partial charge in [0.25, 0.3) is 0 Å². The zero-order valence-corrected chi connectivity index (χ0v) is 11.0. The Labute approximate surface area is 97.6 Å². The normalized spacial score (nSPS) is 14.4. The van der Waals surface area contributed by atoms with Gasteiger partial charge in [0.05, 0.1) is 6.10 Å². The van der Waals surface area contributed by atoms with Gasteiger partial charge < -0.3 is 15.5 Å². The maximum Gasteiger partial charge on any atom is 0.469 e. The van der Waals surface area contributed by atoms with Crippen LogP contribution in [0.4, 0.5) is 0 Å². The van der Waals surface area contributed by atoms with E-state index in [0.717, 1.165) is 19.3 Å². The van der Waals surface area contributed by atoms with Crippen LogP contribution < -0.4 is 5.73 Å². The molecule has 16 heavy (non-hydrogen) atoms. The van der Waals surface area contributed by atoms with E-state index in [9.17, 15) is 4.57 Å². The number of unbranched alkanes of at least 4 members (excludes halogenated alkanes) is 2. The largest absolute Gasteiger partial charge is 0.469 e. The first-order chi connectivity index (χ1) is 7.35. The molecular weight excluding hydrogens is 229 g/mol. The third-order valence-electron chi connectivity index (χ3n) is 2.36. The Morgan fingerprint density at radius 2 is 1.75 bits per heavy atom. The van der Waals surface area contributed by atoms with E-state index in [1.165, 1.54) is 6.42 Å². The van der Waals surface area contributed by atoms with Crippen LogP contribution in [0.1, 0.15) is 46.0 Å². The lowest BCUT2D eigenvalue weighted by Crippen LogP contribution is -2.22. The molecule has 0 aliphatic rings. The molecule has 0 spiro atoms. The molecule has 0 aromatic carbocycles. The first-order valence-electron chi connectivity index (χ1n) is 5.79. The molecule has 4 N–H and O–H groups in total. The summed E-state index contributed by atoms with van der Waals surface area (Å²) in [6, 6.07) is 0. The molecule has 0 saturated heterocycles. The predicted molar refractivity (Wildman–Crippen MR) is 63.9 cm³/mol. The molecule has 0 aliphatic heterocycles. The predicted octanol–water partition coefficient (Wildman–Crippen LogP) is 2.03. The van der Waals surface area contributed by atoms with E-state index in [2.05, 4.69) is 18.4 Å². The maximum absolute atomic E-state index is 10.6. The van der Waals surface area contributed by atoms with E-state index in [0.29, 0.717) is 12.3 Å². The van der Waals surface area contributed by atoms with Crippen molar-refractivity contribution >= 4 is 7.82 Å². The number of nitrogens with two attached hydrogens (primary N) is 1. The highest BCUT2D eigenvalue weighted by atomic mass is 31.2. The van der Waals surface area contributed by atoms with E-state index in [1.807, 2.05) is 0 Å². The van der Waals surface area contributed by atoms with Gasteiger partial charge in [0.15, 0.2) is 0 Å². The van der Waals surface area contributed by atoms with Crippen molar-refractivity contribution in [1.82, 2.24) is 0 Å². The van der Waals surface area contributed by atoms with Crippen molar-refractivity contribution in [3.8, 4) is 0 Å². The van der Waals surface area contributed by atoms with E-state index < -0.39 is 13.9 Å². The van der Waals surface area contributed by atoms with Crippen molar-refractivity contribution in [2.45, 2.75) is 52.1 Å². The quantitative estimate of drug-likeness (QED) is 0.432. The first kappa shape index (κ1) is 16.1. The minimum absolute atomic E-state index is 0.148. The topological polar surface area (TPSA) is 92.8 Å². The Morgan fingerprint density at radius 3 is 2.19 bits per heavy atom. The fraction of sp³-hybridized carbons (Fsp3) is 1.00. The Morgan fingerprint density at radius 1 is 1.19 bits per heavy atom. The fourth-order valence-electron chi connectivity index (χ4n) is 1.51. The molecule has 0 aromatic rings. The molecule has 0 amide bonds. The summed E-state index contributed by atoms with van der Waals surface area (Å²) in [5, 5.41) is 0. The monoisotopic (exact) mass is 253 g/mol. The van der Waals surface area contributed by atoms with Gasteiger partial charge in [0, 0.05) is 6.54 Å². The summed E-state index contributed by atoms with van der Waals surface area (Å²) in [7, 11) is -4.39. The molecule has 1 atom stereocenters. The molecule has 5 nitrogen and oxygen atoms in total. The number of hydrogen-bond acceptors (Lipinski definition) is 3. The molecular formula is C10H24NO4P. The molecule has 0 bridgehead atoms. The van der Waals surface area contributed by atoms with Crippen LogP contribution >= 0.6 is 7.82 Å². The van der Waals surface area contributed by atoms with Crippen molar-refractivity contribution < 1.29 is 18.9 Å². The smallest absolute Gasteiger partial charge is 0.328 e. The highest BCUT2D eigenvalue weighted by Crippen LogP contribution is 2.38. The summed E-state index contributed by atoms with van der Waals surface area (Å²) >= 11 is 0. The molecule has 6 heteroatoms. The Balaban J connectivity index is 3.60. The van der Waals surface area contributed by atoms with Gasteiger partial charge in [-0.15, -0.1) is 0 Å². The van der Waals surface area contributed by atoms with Gasteiger partial charge in [-0.05, 0) is 12.3 Å². The van der Waals surface area contributed by atoms with Crippen LogP contribution in [0.5, 0.6) is 0 Å². The van der Waals surface area contributed by atoms with Gasteiger partial charge >= 0.3 is 7.82 Å². The number of phosphoric ester groups is 1. The minimum Gasteiger partial charge on any atom is -0.328 e. The molecule has 0 aromatic heterocycles. The van der Waals surface area contributed by atoms with E-state index >= 15 is 0 Å². The van der Waals surface area contributed by atoms with Crippen molar-refractivity contribution in [3.05, 3.63) is 0 Å². The lowest BCUT2D eigenvalue weighted by Gasteiger charge is -2.16. The van der Waals surface area contributed by atoms with Crippen molar-refractivity contribution in [3.63, 3.8) is 0 Å². The molecule has 0 radical (unpaired) electrons. The van der Waals surface area contributed by atoms with Crippen LogP contribution in [-0.4, -0.2) is 22.4 Å². The van der Waals surface area contributed by atoms with Gasteiger partial charge in [0.1, 0.15) is 0 Å². The molecule has 0 aliphatic carbocycles. The number of hydrogen-bond donors (Lipinski definition) is 3. The van der Waals surface area contributed by atoms with Crippen LogP contribution in [0.15, 0.2) is 0 Å². The van der Waals surface area contributed by atoms with E-state index in [-0.39, 0.29) is 6.54 Å². The maximum atomic E-state index is 10.6. The Kier molecular flexibility index (Phi) is 8.24. The Bertz CT molecular complexity index is 217. The lowest BCUT2D eigenvalue weighted by atomic mass is 10.0.